The molecule has 22 heavy (non-hydrogen) atoms. The topological polar surface area (TPSA) is 8.81 Å². The van der Waals surface area contributed by atoms with Crippen molar-refractivity contribution >= 4 is 11.8 Å². The largest absolute Gasteiger partial charge is 0.318 e. The normalized spacial score (nSPS) is 13.8. The van der Waals surface area contributed by atoms with E-state index >= 15 is 0 Å². The van der Waals surface area contributed by atoms with Crippen LogP contribution in [0.5, 0.6) is 0 Å². The predicted octanol–water partition coefficient (Wildman–Crippen LogP) is 3.99. The van der Waals surface area contributed by atoms with Crippen LogP contribution < -0.4 is 4.57 Å². The van der Waals surface area contributed by atoms with Crippen LogP contribution in [0.25, 0.3) is 11.3 Å². The third kappa shape index (κ3) is 2.57. The maximum Gasteiger partial charge on any atom is 0.318 e. The third-order valence-electron chi connectivity index (χ3n) is 4.07. The summed E-state index contributed by atoms with van der Waals surface area (Å²) in [5.74, 6) is 1.22. The zero-order valence-electron chi connectivity index (χ0n) is 12.5. The SMILES string of the molecule is c1ccc(C[n+]2cc(-c3ccccc3)n3c2SCCC3)cc1. The number of nitrogens with zero attached hydrogens (tertiary/aromatic N) is 2. The van der Waals surface area contributed by atoms with Crippen LogP contribution in [0.3, 0.4) is 0 Å². The van der Waals surface area contributed by atoms with Crippen LogP contribution in [0.15, 0.2) is 72.0 Å². The van der Waals surface area contributed by atoms with E-state index in [1.165, 1.54) is 34.2 Å². The van der Waals surface area contributed by atoms with E-state index in [1.54, 1.807) is 0 Å². The van der Waals surface area contributed by atoms with E-state index in [4.69, 9.17) is 0 Å². The average molecular weight is 307 g/mol. The number of hydrogen-bond acceptors (Lipinski definition) is 1. The molecule has 0 unspecified atom stereocenters. The molecule has 0 aliphatic carbocycles. The van der Waals surface area contributed by atoms with Crippen molar-refractivity contribution in [2.24, 2.45) is 0 Å². The Balaban J connectivity index is 1.78. The van der Waals surface area contributed by atoms with Crippen LogP contribution in [0.1, 0.15) is 12.0 Å². The second-order valence-corrected chi connectivity index (χ2v) is 6.69. The summed E-state index contributed by atoms with van der Waals surface area (Å²) < 4.78 is 4.88. The molecule has 0 bridgehead atoms. The van der Waals surface area contributed by atoms with Crippen LogP contribution >= 0.6 is 11.8 Å². The summed E-state index contributed by atoms with van der Waals surface area (Å²) in [5, 5.41) is 1.38. The minimum Gasteiger partial charge on any atom is -0.220 e. The summed E-state index contributed by atoms with van der Waals surface area (Å²) in [6.07, 6.45) is 3.56. The van der Waals surface area contributed by atoms with Crippen molar-refractivity contribution < 1.29 is 4.57 Å². The van der Waals surface area contributed by atoms with E-state index in [-0.39, 0.29) is 0 Å². The van der Waals surface area contributed by atoms with Gasteiger partial charge in [0.05, 0.1) is 6.54 Å². The van der Waals surface area contributed by atoms with Crippen molar-refractivity contribution in [1.29, 1.82) is 0 Å². The number of hydrogen-bond donors (Lipinski definition) is 0. The molecule has 4 rings (SSSR count). The second-order valence-electron chi connectivity index (χ2n) is 5.63. The lowest BCUT2D eigenvalue weighted by atomic mass is 10.1. The van der Waals surface area contributed by atoms with Crippen molar-refractivity contribution in [3.63, 3.8) is 0 Å². The first-order chi connectivity index (χ1) is 10.9. The molecule has 2 aromatic carbocycles. The van der Waals surface area contributed by atoms with Gasteiger partial charge in [-0.25, -0.2) is 9.13 Å². The molecule has 3 aromatic rings. The van der Waals surface area contributed by atoms with Gasteiger partial charge in [0, 0.05) is 11.3 Å². The van der Waals surface area contributed by atoms with Gasteiger partial charge in [0.25, 0.3) is 0 Å². The smallest absolute Gasteiger partial charge is 0.220 e. The fourth-order valence-electron chi connectivity index (χ4n) is 3.03. The predicted molar refractivity (Wildman–Crippen MR) is 90.9 cm³/mol. The van der Waals surface area contributed by atoms with Crippen LogP contribution in [0.4, 0.5) is 0 Å². The summed E-state index contributed by atoms with van der Waals surface area (Å²) in [4.78, 5) is 0. The van der Waals surface area contributed by atoms with Crippen LogP contribution in [-0.2, 0) is 13.1 Å². The first-order valence-corrected chi connectivity index (χ1v) is 8.75. The standard InChI is InChI=1S/C19H19N2S/c1-3-8-16(9-4-1)14-20-15-18(17-10-5-2-6-11-17)21-12-7-13-22-19(20)21/h1-6,8-11,15H,7,12-14H2/q+1. The fourth-order valence-corrected chi connectivity index (χ4v) is 4.11. The van der Waals surface area contributed by atoms with Gasteiger partial charge in [-0.05, 0) is 23.7 Å². The van der Waals surface area contributed by atoms with Crippen molar-refractivity contribution in [3.8, 4) is 11.3 Å². The van der Waals surface area contributed by atoms with E-state index in [2.05, 4.69) is 76.0 Å². The van der Waals surface area contributed by atoms with E-state index in [0.717, 1.165) is 13.1 Å². The Morgan fingerprint density at radius 2 is 1.68 bits per heavy atom. The molecule has 3 heteroatoms. The maximum absolute atomic E-state index is 2.48. The molecule has 2 heterocycles. The summed E-state index contributed by atoms with van der Waals surface area (Å²) in [5.41, 5.74) is 3.99. The Kier molecular flexibility index (Phi) is 3.73. The van der Waals surface area contributed by atoms with Gasteiger partial charge in [-0.3, -0.25) is 0 Å². The van der Waals surface area contributed by atoms with Crippen LogP contribution in [-0.4, -0.2) is 10.3 Å². The van der Waals surface area contributed by atoms with E-state index in [1.807, 2.05) is 11.8 Å². The molecule has 0 N–H and O–H groups in total. The van der Waals surface area contributed by atoms with E-state index in [0.29, 0.717) is 0 Å². The lowest BCUT2D eigenvalue weighted by Crippen LogP contribution is -2.36. The number of thioether (sulfide) groups is 1. The van der Waals surface area contributed by atoms with Gasteiger partial charge in [-0.2, -0.15) is 0 Å². The molecule has 1 aliphatic rings. The van der Waals surface area contributed by atoms with Gasteiger partial charge < -0.3 is 0 Å². The number of aromatic nitrogens is 2. The monoisotopic (exact) mass is 307 g/mol. The average Bonchev–Trinajstić information content (AvgIpc) is 2.96. The lowest BCUT2D eigenvalue weighted by molar-refractivity contribution is -0.725. The zero-order chi connectivity index (χ0) is 14.8. The summed E-state index contributed by atoms with van der Waals surface area (Å²) in [6, 6.07) is 21.4. The number of rotatable bonds is 3. The highest BCUT2D eigenvalue weighted by Crippen LogP contribution is 2.29. The highest BCUT2D eigenvalue weighted by Gasteiger charge is 2.27. The molecule has 0 spiro atoms. The second kappa shape index (κ2) is 6.01. The summed E-state index contributed by atoms with van der Waals surface area (Å²) in [7, 11) is 0. The number of imidazole rings is 1. The minimum atomic E-state index is 0.940. The molecular weight excluding hydrogens is 288 g/mol. The lowest BCUT2D eigenvalue weighted by Gasteiger charge is -2.10. The summed E-state index contributed by atoms with van der Waals surface area (Å²) >= 11 is 1.98. The Hall–Kier alpha value is -2.00. The first-order valence-electron chi connectivity index (χ1n) is 7.77. The molecule has 1 aliphatic heterocycles. The van der Waals surface area contributed by atoms with Crippen LogP contribution in [0.2, 0.25) is 0 Å². The molecule has 0 fully saturated rings. The number of benzene rings is 2. The van der Waals surface area contributed by atoms with Crippen LogP contribution in [0, 0.1) is 0 Å². The zero-order valence-corrected chi connectivity index (χ0v) is 13.3. The maximum atomic E-state index is 2.48. The van der Waals surface area contributed by atoms with Crippen molar-refractivity contribution in [1.82, 2.24) is 4.57 Å². The highest BCUT2D eigenvalue weighted by molar-refractivity contribution is 7.99. The molecule has 0 radical (unpaired) electrons. The quantitative estimate of drug-likeness (QED) is 0.665. The molecule has 0 amide bonds. The third-order valence-corrected chi connectivity index (χ3v) is 5.27. The highest BCUT2D eigenvalue weighted by atomic mass is 32.2. The Bertz CT molecular complexity index is 763. The van der Waals surface area contributed by atoms with Gasteiger partial charge in [0.1, 0.15) is 12.7 Å². The minimum absolute atomic E-state index is 0.940. The Labute approximate surface area is 135 Å². The molecule has 0 saturated heterocycles. The molecule has 0 saturated carbocycles. The van der Waals surface area contributed by atoms with Crippen molar-refractivity contribution in [3.05, 3.63) is 72.4 Å². The van der Waals surface area contributed by atoms with Gasteiger partial charge in [-0.1, -0.05) is 60.7 Å². The number of fused-ring (bicyclic) bond motifs is 1. The Morgan fingerprint density at radius 3 is 2.45 bits per heavy atom. The van der Waals surface area contributed by atoms with Gasteiger partial charge in [0.2, 0.25) is 0 Å². The molecule has 2 nitrogen and oxygen atoms in total. The Morgan fingerprint density at radius 1 is 0.955 bits per heavy atom. The van der Waals surface area contributed by atoms with Crippen molar-refractivity contribution in [2.75, 3.05) is 5.75 Å². The van der Waals surface area contributed by atoms with Gasteiger partial charge in [-0.15, -0.1) is 0 Å². The summed E-state index contributed by atoms with van der Waals surface area (Å²) in [6.45, 7) is 2.06. The van der Waals surface area contributed by atoms with E-state index in [9.17, 15) is 0 Å². The van der Waals surface area contributed by atoms with Gasteiger partial charge >= 0.3 is 5.16 Å². The van der Waals surface area contributed by atoms with Gasteiger partial charge in [0.15, 0.2) is 5.69 Å². The molecule has 1 aromatic heterocycles. The van der Waals surface area contributed by atoms with Crippen molar-refractivity contribution in [2.45, 2.75) is 24.7 Å². The first kappa shape index (κ1) is 13.6. The fraction of sp³-hybridized carbons (Fsp3) is 0.211. The van der Waals surface area contributed by atoms with E-state index < -0.39 is 0 Å². The molecular formula is C19H19N2S+. The molecule has 0 atom stereocenters. The molecule has 110 valence electrons.